The molecule has 4 amide bonds. The molecule has 6 rings (SSSR count). The van der Waals surface area contributed by atoms with Crippen molar-refractivity contribution in [1.29, 1.82) is 0 Å². The number of hydrogen-bond donors (Lipinski definition) is 0. The first-order valence-corrected chi connectivity index (χ1v) is 14.4. The van der Waals surface area contributed by atoms with Gasteiger partial charge < -0.3 is 0 Å². The van der Waals surface area contributed by atoms with Crippen LogP contribution in [-0.4, -0.2) is 35.6 Å². The van der Waals surface area contributed by atoms with E-state index in [1.807, 2.05) is 12.1 Å². The lowest BCUT2D eigenvalue weighted by Crippen LogP contribution is -2.29. The summed E-state index contributed by atoms with van der Waals surface area (Å²) < 4.78 is 0. The predicted octanol–water partition coefficient (Wildman–Crippen LogP) is 8.00. The van der Waals surface area contributed by atoms with E-state index >= 15 is 0 Å². The fraction of sp³-hybridized carbons (Fsp3) is 0.243. The summed E-state index contributed by atoms with van der Waals surface area (Å²) in [6.45, 7) is 6.45. The van der Waals surface area contributed by atoms with Gasteiger partial charge in [0.25, 0.3) is 23.6 Å². The van der Waals surface area contributed by atoms with E-state index in [1.165, 1.54) is 36.8 Å². The quantitative estimate of drug-likeness (QED) is 0.226. The van der Waals surface area contributed by atoms with Gasteiger partial charge in [0.1, 0.15) is 0 Å². The van der Waals surface area contributed by atoms with Crippen molar-refractivity contribution < 1.29 is 19.2 Å². The highest BCUT2D eigenvalue weighted by Crippen LogP contribution is 2.30. The number of hydrogen-bond acceptors (Lipinski definition) is 4. The first kappa shape index (κ1) is 32.7. The van der Waals surface area contributed by atoms with Gasteiger partial charge in [-0.05, 0) is 65.9 Å². The van der Waals surface area contributed by atoms with E-state index in [4.69, 9.17) is 0 Å². The maximum absolute atomic E-state index is 12.9. The number of para-hydroxylation sites is 1. The number of nitrogens with zero attached hydrogens (tertiary/aromatic N) is 2. The summed E-state index contributed by atoms with van der Waals surface area (Å²) in [4.78, 5) is 52.2. The fourth-order valence-corrected chi connectivity index (χ4v) is 4.90. The highest BCUT2D eigenvalue weighted by molar-refractivity contribution is 6.34. The number of fused-ring (bicyclic) bond motifs is 2. The number of benzene rings is 4. The van der Waals surface area contributed by atoms with Crippen LogP contribution in [0.15, 0.2) is 97.1 Å². The number of imide groups is 2. The van der Waals surface area contributed by atoms with Crippen LogP contribution in [0.25, 0.3) is 0 Å². The Labute approximate surface area is 255 Å². The lowest BCUT2D eigenvalue weighted by atomic mass is 9.98. The van der Waals surface area contributed by atoms with Gasteiger partial charge in [0.2, 0.25) is 0 Å². The molecule has 4 aromatic carbocycles. The lowest BCUT2D eigenvalue weighted by Gasteiger charge is -2.13. The summed E-state index contributed by atoms with van der Waals surface area (Å²) in [7, 11) is 1.46. The zero-order valence-electron chi connectivity index (χ0n) is 24.6. The molecular weight excluding hydrogens is 536 g/mol. The second kappa shape index (κ2) is 14.9. The highest BCUT2D eigenvalue weighted by atomic mass is 16.2. The van der Waals surface area contributed by atoms with Crippen molar-refractivity contribution in [3.63, 3.8) is 0 Å². The van der Waals surface area contributed by atoms with Crippen molar-refractivity contribution in [2.75, 3.05) is 11.9 Å². The molecule has 6 heteroatoms. The Hall–Kier alpha value is -4.84. The Morgan fingerprint density at radius 2 is 0.977 bits per heavy atom. The van der Waals surface area contributed by atoms with Gasteiger partial charge in [-0.15, -0.1) is 0 Å². The van der Waals surface area contributed by atoms with E-state index in [-0.39, 0.29) is 31.1 Å². The molecule has 0 saturated heterocycles. The number of amides is 4. The molecule has 0 aliphatic carbocycles. The molecule has 6 nitrogen and oxygen atoms in total. The van der Waals surface area contributed by atoms with Crippen LogP contribution in [0.2, 0.25) is 0 Å². The largest absolute Gasteiger partial charge is 0.277 e. The van der Waals surface area contributed by atoms with E-state index in [2.05, 4.69) is 51.1 Å². The second-order valence-corrected chi connectivity index (χ2v) is 10.3. The van der Waals surface area contributed by atoms with E-state index in [0.29, 0.717) is 34.4 Å². The maximum atomic E-state index is 12.9. The zero-order valence-corrected chi connectivity index (χ0v) is 24.6. The number of carbonyl (C=O) groups excluding carboxylic acids is 4. The Balaban J connectivity index is 0.000000330. The van der Waals surface area contributed by atoms with Crippen molar-refractivity contribution in [2.45, 2.75) is 53.9 Å². The molecule has 0 saturated carbocycles. The maximum Gasteiger partial charge on any atom is 0.266 e. The molecule has 0 atom stereocenters. The van der Waals surface area contributed by atoms with Crippen molar-refractivity contribution >= 4 is 29.3 Å². The molecule has 0 N–H and O–H groups in total. The summed E-state index contributed by atoms with van der Waals surface area (Å²) in [6, 6.07) is 29.8. The van der Waals surface area contributed by atoms with Gasteiger partial charge in [-0.1, -0.05) is 102 Å². The monoisotopic (exact) mass is 576 g/mol. The number of carbonyl (C=O) groups is 4. The Morgan fingerprint density at radius 3 is 1.51 bits per heavy atom. The summed E-state index contributed by atoms with van der Waals surface area (Å²) in [5.74, 6) is -1.30. The van der Waals surface area contributed by atoms with Gasteiger partial charge in [-0.2, -0.15) is 0 Å². The Morgan fingerprint density at radius 1 is 0.535 bits per heavy atom. The minimum atomic E-state index is -0.348. The normalized spacial score (nSPS) is 12.9. The van der Waals surface area contributed by atoms with E-state index < -0.39 is 0 Å². The van der Waals surface area contributed by atoms with Gasteiger partial charge in [0, 0.05) is 7.05 Å². The molecule has 222 valence electrons. The van der Waals surface area contributed by atoms with Crippen molar-refractivity contribution in [1.82, 2.24) is 4.90 Å². The third-order valence-corrected chi connectivity index (χ3v) is 6.91. The Kier molecular flexibility index (Phi) is 11.3. The van der Waals surface area contributed by atoms with Crippen LogP contribution in [0.5, 0.6) is 0 Å². The SMILES string of the molecule is C.CCC.CCCc1ccccc1.CN1C(=O)c2ccc(Cc3ccc4c(c3)C(=O)N(c3ccccc3)C4=O)cc2C1=O. The van der Waals surface area contributed by atoms with Gasteiger partial charge in [-0.3, -0.25) is 24.1 Å². The van der Waals surface area contributed by atoms with Crippen molar-refractivity contribution in [3.8, 4) is 0 Å². The first-order chi connectivity index (χ1) is 20.3. The molecule has 0 unspecified atom stereocenters. The molecular formula is C37H40N2O4. The first-order valence-electron chi connectivity index (χ1n) is 14.4. The number of aryl methyl sites for hydroxylation is 1. The molecule has 0 spiro atoms. The molecule has 0 aromatic heterocycles. The van der Waals surface area contributed by atoms with Gasteiger partial charge >= 0.3 is 0 Å². The highest BCUT2D eigenvalue weighted by Gasteiger charge is 2.37. The molecule has 4 aromatic rings. The van der Waals surface area contributed by atoms with Crippen LogP contribution in [0.1, 0.15) is 99.2 Å². The van der Waals surface area contributed by atoms with E-state index in [1.54, 1.807) is 54.6 Å². The fourth-order valence-electron chi connectivity index (χ4n) is 4.90. The topological polar surface area (TPSA) is 74.8 Å². The minimum absolute atomic E-state index is 0. The number of rotatable bonds is 5. The van der Waals surface area contributed by atoms with Crippen LogP contribution >= 0.6 is 0 Å². The standard InChI is InChI=1S/C24H16N2O4.C9H12.C3H8.CH4/c1-25-21(27)17-9-7-14(12-19(17)22(25)28)11-15-8-10-18-20(13-15)24(30)26(23(18)29)16-5-3-2-4-6-16;1-2-6-9-7-4-3-5-8-9;1-3-2;/h2-10,12-13H,11H2,1H3;3-5,7-8H,2,6H2,1H3;3H2,1-2H3;1H4. The second-order valence-electron chi connectivity index (χ2n) is 10.3. The molecule has 2 aliphatic rings. The molecule has 43 heavy (non-hydrogen) atoms. The number of anilines is 1. The third-order valence-electron chi connectivity index (χ3n) is 6.91. The van der Waals surface area contributed by atoms with E-state index in [0.717, 1.165) is 16.0 Å². The Bertz CT molecular complexity index is 1600. The molecule has 2 heterocycles. The summed E-state index contributed by atoms with van der Waals surface area (Å²) in [5.41, 5.74) is 5.22. The minimum Gasteiger partial charge on any atom is -0.277 e. The van der Waals surface area contributed by atoms with Crippen molar-refractivity contribution in [3.05, 3.63) is 136 Å². The average Bonchev–Trinajstić information content (AvgIpc) is 3.38. The van der Waals surface area contributed by atoms with Crippen LogP contribution in [-0.2, 0) is 12.8 Å². The zero-order chi connectivity index (χ0) is 30.2. The van der Waals surface area contributed by atoms with Crippen molar-refractivity contribution in [2.24, 2.45) is 0 Å². The molecule has 2 aliphatic heterocycles. The average molecular weight is 577 g/mol. The van der Waals surface area contributed by atoms with Gasteiger partial charge in [0.15, 0.2) is 0 Å². The summed E-state index contributed by atoms with van der Waals surface area (Å²) in [5, 5.41) is 0. The van der Waals surface area contributed by atoms with Crippen LogP contribution in [0.4, 0.5) is 5.69 Å². The smallest absolute Gasteiger partial charge is 0.266 e. The summed E-state index contributed by atoms with van der Waals surface area (Å²) in [6.07, 6.45) is 4.17. The lowest BCUT2D eigenvalue weighted by molar-refractivity contribution is 0.0692. The predicted molar refractivity (Wildman–Crippen MR) is 173 cm³/mol. The van der Waals surface area contributed by atoms with Gasteiger partial charge in [0.05, 0.1) is 27.9 Å². The molecule has 0 fully saturated rings. The van der Waals surface area contributed by atoms with Crippen LogP contribution in [0, 0.1) is 0 Å². The molecule has 0 radical (unpaired) electrons. The summed E-state index contributed by atoms with van der Waals surface area (Å²) >= 11 is 0. The van der Waals surface area contributed by atoms with E-state index in [9.17, 15) is 19.2 Å². The van der Waals surface area contributed by atoms with Crippen LogP contribution < -0.4 is 4.90 Å². The third kappa shape index (κ3) is 7.15. The van der Waals surface area contributed by atoms with Crippen LogP contribution in [0.3, 0.4) is 0 Å². The molecule has 0 bridgehead atoms. The van der Waals surface area contributed by atoms with Gasteiger partial charge in [-0.25, -0.2) is 4.90 Å².